The molecule has 5 aromatic rings. The van der Waals surface area contributed by atoms with Crippen LogP contribution in [0.1, 0.15) is 72.6 Å². The normalized spacial score (nSPS) is 17.6. The molecule has 0 radical (unpaired) electrons. The highest BCUT2D eigenvalue weighted by Crippen LogP contribution is 2.68. The zero-order valence-corrected chi connectivity index (χ0v) is 29.4. The summed E-state index contributed by atoms with van der Waals surface area (Å²) in [4.78, 5) is 18.6. The van der Waals surface area contributed by atoms with Gasteiger partial charge in [-0.15, -0.1) is 0 Å². The lowest BCUT2D eigenvalue weighted by atomic mass is 9.93. The highest BCUT2D eigenvalue weighted by Gasteiger charge is 2.67. The molecule has 0 saturated heterocycles. The first kappa shape index (κ1) is 37.8. The van der Waals surface area contributed by atoms with Gasteiger partial charge >= 0.3 is 0 Å². The van der Waals surface area contributed by atoms with Crippen molar-refractivity contribution in [2.45, 2.75) is 69.6 Å². The molecule has 9 nitrogen and oxygen atoms in total. The second-order valence-corrected chi connectivity index (χ2v) is 14.2. The van der Waals surface area contributed by atoms with Crippen LogP contribution in [0.4, 0.5) is 40.9 Å². The number of carbonyl (C=O) groups is 1. The Morgan fingerprint density at radius 1 is 1.04 bits per heavy atom. The summed E-state index contributed by atoms with van der Waals surface area (Å²) in [6, 6.07) is 9.53. The number of hydrogen-bond acceptors (Lipinski definition) is 6. The van der Waals surface area contributed by atoms with Crippen LogP contribution in [0.3, 0.4) is 0 Å². The molecule has 0 bridgehead atoms. The fourth-order valence-corrected chi connectivity index (χ4v) is 7.25. The van der Waals surface area contributed by atoms with Crippen molar-refractivity contribution in [3.05, 3.63) is 94.1 Å². The molecular formula is C38H33F8N7O2. The van der Waals surface area contributed by atoms with Gasteiger partial charge in [0, 0.05) is 41.1 Å². The van der Waals surface area contributed by atoms with Crippen molar-refractivity contribution < 1.29 is 45.0 Å². The summed E-state index contributed by atoms with van der Waals surface area (Å²) in [7, 11) is 1.58. The first-order chi connectivity index (χ1) is 25.9. The van der Waals surface area contributed by atoms with Gasteiger partial charge in [0.25, 0.3) is 18.8 Å². The van der Waals surface area contributed by atoms with E-state index in [0.717, 1.165) is 12.1 Å². The summed E-state index contributed by atoms with van der Waals surface area (Å²) < 4.78 is 116. The van der Waals surface area contributed by atoms with E-state index in [9.17, 15) is 36.2 Å². The van der Waals surface area contributed by atoms with Gasteiger partial charge in [-0.1, -0.05) is 18.1 Å². The molecule has 3 aromatic heterocycles. The average molecular weight is 772 g/mol. The summed E-state index contributed by atoms with van der Waals surface area (Å²) >= 11 is 0. The van der Waals surface area contributed by atoms with Crippen molar-refractivity contribution in [2.75, 3.05) is 11.9 Å². The maximum Gasteiger partial charge on any atom is 0.293 e. The van der Waals surface area contributed by atoms with E-state index in [1.165, 1.54) is 24.6 Å². The molecule has 0 spiro atoms. The van der Waals surface area contributed by atoms with Crippen molar-refractivity contribution in [1.29, 1.82) is 0 Å². The Morgan fingerprint density at radius 2 is 1.76 bits per heavy atom. The number of aryl methyl sites for hydroxylation is 1. The first-order valence-corrected chi connectivity index (χ1v) is 17.2. The molecule has 1 fully saturated rings. The van der Waals surface area contributed by atoms with Gasteiger partial charge in [-0.3, -0.25) is 14.2 Å². The van der Waals surface area contributed by atoms with Gasteiger partial charge in [-0.25, -0.2) is 31.3 Å². The Labute approximate surface area is 308 Å². The van der Waals surface area contributed by atoms with Crippen LogP contribution >= 0.6 is 0 Å². The molecular weight excluding hydrogens is 738 g/mol. The second-order valence-electron chi connectivity index (χ2n) is 14.2. The molecule has 1 amide bonds. The number of anilines is 1. The number of para-hydroxylation sites is 1. The van der Waals surface area contributed by atoms with Crippen LogP contribution in [0.25, 0.3) is 22.0 Å². The SMILES string of the molecule is Cn1nc(NCC(F)F)c2cccc(-c3ccc(C#CC(C)(C)O)nc3[C@H](Cc3cc(F)cc(F)c3)NC(=O)Cn3nc(C(F)F)c4c3C(F)(F)C3C[C@H]43)c21. The maximum atomic E-state index is 15.3. The number of aliphatic hydroxyl groups is 1. The Bertz CT molecular complexity index is 2350. The van der Waals surface area contributed by atoms with Crippen LogP contribution in [0.15, 0.2) is 48.5 Å². The van der Waals surface area contributed by atoms with Crippen molar-refractivity contribution in [2.24, 2.45) is 13.0 Å². The number of aromatic nitrogens is 5. The fourth-order valence-electron chi connectivity index (χ4n) is 7.25. The van der Waals surface area contributed by atoms with Crippen LogP contribution in [0.2, 0.25) is 0 Å². The Kier molecular flexibility index (Phi) is 9.60. The lowest BCUT2D eigenvalue weighted by Crippen LogP contribution is -2.35. The van der Waals surface area contributed by atoms with Gasteiger partial charge in [-0.2, -0.15) is 19.0 Å². The van der Waals surface area contributed by atoms with Crippen molar-refractivity contribution in [1.82, 2.24) is 29.9 Å². The Morgan fingerprint density at radius 3 is 2.44 bits per heavy atom. The average Bonchev–Trinajstić information content (AvgIpc) is 3.64. The molecule has 0 aliphatic heterocycles. The standard InChI is InChI=1S/C38H33F8N7O2/c1-37(2,55)10-9-21-7-8-22(23-5-4-6-24-33(23)52(3)51-36(24)47-16-28(41)42)31(48-21)27(13-18-11-19(39)14-20(40)12-18)49-29(54)17-53-34-30(32(50-53)35(43)44)25-15-26(25)38(34,45)46/h4-8,11-12,14,25-28,35,55H,13,15-17H2,1-3H3,(H,47,51)(H,49,54)/t25-,26?,27-/m0/s1. The number of hydrogen-bond donors (Lipinski definition) is 3. The zero-order chi connectivity index (χ0) is 39.6. The number of rotatable bonds is 11. The molecule has 17 heteroatoms. The Balaban J connectivity index is 1.35. The van der Waals surface area contributed by atoms with Crippen LogP contribution in [-0.4, -0.2) is 54.1 Å². The van der Waals surface area contributed by atoms with Gasteiger partial charge in [0.15, 0.2) is 5.82 Å². The van der Waals surface area contributed by atoms with Gasteiger partial charge in [0.05, 0.1) is 23.8 Å². The number of halogens is 8. The second kappa shape index (κ2) is 14.0. The molecule has 3 atom stereocenters. The predicted molar refractivity (Wildman–Crippen MR) is 184 cm³/mol. The maximum absolute atomic E-state index is 15.3. The van der Waals surface area contributed by atoms with Gasteiger partial charge in [0.1, 0.15) is 40.9 Å². The zero-order valence-electron chi connectivity index (χ0n) is 29.4. The molecule has 2 aliphatic carbocycles. The lowest BCUT2D eigenvalue weighted by Gasteiger charge is -2.23. The van der Waals surface area contributed by atoms with E-state index in [1.54, 1.807) is 31.3 Å². The number of nitrogens with one attached hydrogen (secondary N) is 2. The molecule has 7 rings (SSSR count). The van der Waals surface area contributed by atoms with Gasteiger partial charge < -0.3 is 15.7 Å². The van der Waals surface area contributed by atoms with Crippen LogP contribution in [0.5, 0.6) is 0 Å². The monoisotopic (exact) mass is 771 g/mol. The third kappa shape index (κ3) is 7.47. The topological polar surface area (TPSA) is 110 Å². The summed E-state index contributed by atoms with van der Waals surface area (Å²) in [6.07, 6.45) is -6.12. The highest BCUT2D eigenvalue weighted by atomic mass is 19.3. The van der Waals surface area contributed by atoms with E-state index in [0.29, 0.717) is 32.8 Å². The van der Waals surface area contributed by atoms with E-state index >= 15 is 8.78 Å². The first-order valence-electron chi connectivity index (χ1n) is 17.2. The van der Waals surface area contributed by atoms with E-state index in [4.69, 9.17) is 4.98 Å². The van der Waals surface area contributed by atoms with E-state index in [-0.39, 0.29) is 41.2 Å². The lowest BCUT2D eigenvalue weighted by molar-refractivity contribution is -0.123. The fraction of sp³-hybridized carbons (Fsp3) is 0.368. The van der Waals surface area contributed by atoms with Crippen LogP contribution < -0.4 is 10.6 Å². The molecule has 3 heterocycles. The van der Waals surface area contributed by atoms with Crippen molar-refractivity contribution >= 4 is 22.6 Å². The smallest absolute Gasteiger partial charge is 0.293 e. The molecule has 1 saturated carbocycles. The third-order valence-corrected chi connectivity index (χ3v) is 9.49. The number of alkyl halides is 6. The quantitative estimate of drug-likeness (QED) is 0.0973. The van der Waals surface area contributed by atoms with Crippen molar-refractivity contribution in [3.8, 4) is 23.0 Å². The molecule has 55 heavy (non-hydrogen) atoms. The van der Waals surface area contributed by atoms with Gasteiger partial charge in [-0.05, 0) is 74.4 Å². The van der Waals surface area contributed by atoms with E-state index < -0.39 is 84.3 Å². The molecule has 2 aliphatic rings. The summed E-state index contributed by atoms with van der Waals surface area (Å²) in [6.45, 7) is 1.31. The minimum absolute atomic E-state index is 0.0260. The number of amides is 1. The van der Waals surface area contributed by atoms with Crippen LogP contribution in [-0.2, 0) is 30.7 Å². The van der Waals surface area contributed by atoms with Crippen LogP contribution in [0, 0.1) is 29.4 Å². The molecule has 1 unspecified atom stereocenters. The Hall–Kier alpha value is -5.50. The number of benzene rings is 2. The minimum atomic E-state index is -3.49. The predicted octanol–water partition coefficient (Wildman–Crippen LogP) is 7.16. The van der Waals surface area contributed by atoms with E-state index in [1.807, 2.05) is 0 Å². The summed E-state index contributed by atoms with van der Waals surface area (Å²) in [5.74, 6) is -2.68. The van der Waals surface area contributed by atoms with Gasteiger partial charge in [0.2, 0.25) is 5.91 Å². The summed E-state index contributed by atoms with van der Waals surface area (Å²) in [5, 5.41) is 24.2. The molecule has 288 valence electrons. The summed E-state index contributed by atoms with van der Waals surface area (Å²) in [5.41, 5.74) is -1.79. The third-order valence-electron chi connectivity index (χ3n) is 9.49. The largest absolute Gasteiger partial charge is 0.378 e. The highest BCUT2D eigenvalue weighted by molar-refractivity contribution is 6.00. The van der Waals surface area contributed by atoms with Crippen molar-refractivity contribution in [3.63, 3.8) is 0 Å². The van der Waals surface area contributed by atoms with E-state index in [2.05, 4.69) is 32.7 Å². The number of nitrogens with zero attached hydrogens (tertiary/aromatic N) is 5. The minimum Gasteiger partial charge on any atom is -0.378 e. The number of carbonyl (C=O) groups excluding carboxylic acids is 1. The number of fused-ring (bicyclic) bond motifs is 4. The molecule has 2 aromatic carbocycles. The number of pyridine rings is 1. The molecule has 3 N–H and O–H groups in total.